The lowest BCUT2D eigenvalue weighted by Crippen LogP contribution is -2.24. The fourth-order valence-corrected chi connectivity index (χ4v) is 5.54. The Balaban J connectivity index is 1.42. The Labute approximate surface area is 203 Å². The molecule has 2 aliphatic heterocycles. The van der Waals surface area contributed by atoms with Gasteiger partial charge in [-0.25, -0.2) is 4.98 Å². The van der Waals surface area contributed by atoms with Gasteiger partial charge in [-0.1, -0.05) is 11.8 Å². The number of benzene rings is 2. The molecule has 34 heavy (non-hydrogen) atoms. The third-order valence-corrected chi connectivity index (χ3v) is 7.33. The second-order valence-electron chi connectivity index (χ2n) is 7.35. The highest BCUT2D eigenvalue weighted by atomic mass is 32.2. The maximum atomic E-state index is 13.4. The van der Waals surface area contributed by atoms with E-state index in [1.165, 1.54) is 35.2 Å². The first-order valence-corrected chi connectivity index (χ1v) is 12.4. The van der Waals surface area contributed by atoms with Crippen LogP contribution in [0.15, 0.2) is 51.2 Å². The van der Waals surface area contributed by atoms with E-state index in [-0.39, 0.29) is 24.0 Å². The molecule has 0 radical (unpaired) electrons. The zero-order chi connectivity index (χ0) is 23.7. The zero-order valence-corrected chi connectivity index (χ0v) is 20.1. The number of fused-ring (bicyclic) bond motifs is 2. The first-order chi connectivity index (χ1) is 16.6. The number of aryl methyl sites for hydroxylation is 1. The van der Waals surface area contributed by atoms with E-state index in [0.29, 0.717) is 44.4 Å². The van der Waals surface area contributed by atoms with E-state index in [0.717, 1.165) is 17.9 Å². The molecule has 0 aliphatic carbocycles. The van der Waals surface area contributed by atoms with Gasteiger partial charge in [-0.3, -0.25) is 14.2 Å². The first kappa shape index (κ1) is 22.5. The Bertz CT molecular complexity index is 1330. The van der Waals surface area contributed by atoms with Crippen molar-refractivity contribution >= 4 is 35.1 Å². The lowest BCUT2D eigenvalue weighted by molar-refractivity contribution is -0.113. The summed E-state index contributed by atoms with van der Waals surface area (Å²) in [5, 5.41) is 3.29. The van der Waals surface area contributed by atoms with Crippen LogP contribution in [0.1, 0.15) is 5.69 Å². The van der Waals surface area contributed by atoms with Gasteiger partial charge in [0.15, 0.2) is 28.2 Å². The topological polar surface area (TPSA) is 101 Å². The van der Waals surface area contributed by atoms with Gasteiger partial charge in [0.2, 0.25) is 12.7 Å². The van der Waals surface area contributed by atoms with Gasteiger partial charge in [-0.2, -0.15) is 0 Å². The van der Waals surface area contributed by atoms with Crippen LogP contribution < -0.4 is 29.8 Å². The van der Waals surface area contributed by atoms with Crippen molar-refractivity contribution in [3.8, 4) is 28.7 Å². The molecule has 0 saturated heterocycles. The van der Waals surface area contributed by atoms with Gasteiger partial charge in [0.05, 0.1) is 36.2 Å². The van der Waals surface area contributed by atoms with Gasteiger partial charge >= 0.3 is 0 Å². The van der Waals surface area contributed by atoms with Crippen molar-refractivity contribution in [2.24, 2.45) is 0 Å². The number of hydrogen-bond donors (Lipinski definition) is 1. The third-order valence-electron chi connectivity index (χ3n) is 5.28. The molecule has 0 unspecified atom stereocenters. The number of methoxy groups -OCH3 is 2. The molecule has 1 N–H and O–H groups in total. The number of nitrogens with one attached hydrogen (secondary N) is 1. The number of ether oxygens (including phenoxy) is 4. The highest BCUT2D eigenvalue weighted by Gasteiger charge is 2.24. The van der Waals surface area contributed by atoms with Crippen molar-refractivity contribution in [1.82, 2.24) is 9.55 Å². The van der Waals surface area contributed by atoms with Crippen molar-refractivity contribution in [3.05, 3.63) is 52.4 Å². The Morgan fingerprint density at radius 1 is 1.15 bits per heavy atom. The van der Waals surface area contributed by atoms with Crippen LogP contribution in [0.25, 0.3) is 5.69 Å². The number of nitrogens with zero attached hydrogens (tertiary/aromatic N) is 2. The number of anilines is 1. The van der Waals surface area contributed by atoms with E-state index >= 15 is 0 Å². The predicted octanol–water partition coefficient (Wildman–Crippen LogP) is 3.36. The summed E-state index contributed by atoms with van der Waals surface area (Å²) >= 11 is 2.70. The number of aromatic nitrogens is 2. The van der Waals surface area contributed by atoms with E-state index in [1.54, 1.807) is 43.5 Å². The van der Waals surface area contributed by atoms with Gasteiger partial charge in [-0.05, 0) is 24.3 Å². The van der Waals surface area contributed by atoms with Crippen molar-refractivity contribution in [2.45, 2.75) is 16.5 Å². The SMILES string of the molecule is COc1ccc(-n2c(SCC(=O)Nc3ccc4c(c3)OCO4)nc3c(c2=O)SCC3)cc1OC. The van der Waals surface area contributed by atoms with Gasteiger partial charge in [0.1, 0.15) is 0 Å². The zero-order valence-electron chi connectivity index (χ0n) is 18.5. The molecule has 5 rings (SSSR count). The van der Waals surface area contributed by atoms with Crippen LogP contribution in [0.3, 0.4) is 0 Å². The Hall–Kier alpha value is -3.31. The monoisotopic (exact) mass is 499 g/mol. The number of hydrogen-bond acceptors (Lipinski definition) is 9. The van der Waals surface area contributed by atoms with Crippen molar-refractivity contribution in [1.29, 1.82) is 0 Å². The van der Waals surface area contributed by atoms with Crippen LogP contribution in [0, 0.1) is 0 Å². The highest BCUT2D eigenvalue weighted by Crippen LogP contribution is 2.35. The molecule has 0 saturated carbocycles. The maximum Gasteiger partial charge on any atom is 0.272 e. The van der Waals surface area contributed by atoms with Crippen molar-refractivity contribution in [2.75, 3.05) is 37.8 Å². The summed E-state index contributed by atoms with van der Waals surface area (Å²) in [5.74, 6) is 2.93. The van der Waals surface area contributed by atoms with Crippen molar-refractivity contribution < 1.29 is 23.7 Å². The molecule has 3 heterocycles. The summed E-state index contributed by atoms with van der Waals surface area (Å²) in [6.45, 7) is 0.165. The predicted molar refractivity (Wildman–Crippen MR) is 129 cm³/mol. The highest BCUT2D eigenvalue weighted by molar-refractivity contribution is 8.00. The molecule has 0 spiro atoms. The van der Waals surface area contributed by atoms with E-state index in [1.807, 2.05) is 0 Å². The average Bonchev–Trinajstić information content (AvgIpc) is 3.51. The van der Waals surface area contributed by atoms with E-state index < -0.39 is 0 Å². The molecule has 1 aromatic heterocycles. The number of carbonyl (C=O) groups excluding carboxylic acids is 1. The summed E-state index contributed by atoms with van der Waals surface area (Å²) in [6.07, 6.45) is 0.721. The normalized spacial score (nSPS) is 13.5. The summed E-state index contributed by atoms with van der Waals surface area (Å²) < 4.78 is 22.9. The molecule has 2 aromatic carbocycles. The van der Waals surface area contributed by atoms with E-state index in [4.69, 9.17) is 23.9 Å². The van der Waals surface area contributed by atoms with Gasteiger partial charge in [0.25, 0.3) is 5.56 Å². The Morgan fingerprint density at radius 2 is 1.97 bits per heavy atom. The minimum atomic E-state index is -0.230. The van der Waals surface area contributed by atoms with Crippen molar-refractivity contribution in [3.63, 3.8) is 0 Å². The first-order valence-electron chi connectivity index (χ1n) is 10.4. The molecule has 0 atom stereocenters. The molecule has 2 aliphatic rings. The summed E-state index contributed by atoms with van der Waals surface area (Å²) in [6, 6.07) is 10.5. The van der Waals surface area contributed by atoms with Gasteiger partial charge in [-0.15, -0.1) is 11.8 Å². The summed E-state index contributed by atoms with van der Waals surface area (Å²) in [7, 11) is 3.09. The molecule has 0 bridgehead atoms. The van der Waals surface area contributed by atoms with Crippen LogP contribution in [-0.4, -0.2) is 48.0 Å². The summed E-state index contributed by atoms with van der Waals surface area (Å²) in [4.78, 5) is 31.4. The van der Waals surface area contributed by atoms with Crippen LogP contribution in [0.5, 0.6) is 23.0 Å². The second-order valence-corrected chi connectivity index (χ2v) is 9.40. The minimum Gasteiger partial charge on any atom is -0.493 e. The largest absolute Gasteiger partial charge is 0.493 e. The van der Waals surface area contributed by atoms with Gasteiger partial charge in [0, 0.05) is 30.0 Å². The molecular formula is C23H21N3O6S2. The average molecular weight is 500 g/mol. The smallest absolute Gasteiger partial charge is 0.272 e. The molecule has 0 fully saturated rings. The minimum absolute atomic E-state index is 0.0695. The van der Waals surface area contributed by atoms with Crippen LogP contribution in [-0.2, 0) is 11.2 Å². The second kappa shape index (κ2) is 9.51. The van der Waals surface area contributed by atoms with E-state index in [9.17, 15) is 9.59 Å². The number of rotatable bonds is 7. The quantitative estimate of drug-likeness (QED) is 0.387. The number of carbonyl (C=O) groups is 1. The van der Waals surface area contributed by atoms with Crippen LogP contribution in [0.2, 0.25) is 0 Å². The van der Waals surface area contributed by atoms with Crippen LogP contribution in [0.4, 0.5) is 5.69 Å². The van der Waals surface area contributed by atoms with Gasteiger partial charge < -0.3 is 24.3 Å². The lowest BCUT2D eigenvalue weighted by atomic mass is 10.2. The molecule has 11 heteroatoms. The lowest BCUT2D eigenvalue weighted by Gasteiger charge is -2.15. The van der Waals surface area contributed by atoms with Crippen LogP contribution >= 0.6 is 23.5 Å². The third kappa shape index (κ3) is 4.28. The molecular weight excluding hydrogens is 478 g/mol. The number of thioether (sulfide) groups is 2. The molecule has 9 nitrogen and oxygen atoms in total. The fraction of sp³-hybridized carbons (Fsp3) is 0.261. The standard InChI is InChI=1S/C23H21N3O6S2/c1-29-16-6-4-14(10-18(16)30-2)26-22(28)21-15(7-8-33-21)25-23(26)34-11-20(27)24-13-3-5-17-19(9-13)32-12-31-17/h3-6,9-10H,7-8,11-12H2,1-2H3,(H,24,27). The Morgan fingerprint density at radius 3 is 2.79 bits per heavy atom. The fourth-order valence-electron chi connectivity index (χ4n) is 3.68. The Kier molecular flexibility index (Phi) is 6.29. The van der Waals surface area contributed by atoms with E-state index in [2.05, 4.69) is 5.32 Å². The molecule has 1 amide bonds. The molecule has 3 aromatic rings. The summed E-state index contributed by atoms with van der Waals surface area (Å²) in [5.41, 5.74) is 1.80. The molecule has 176 valence electrons. The maximum absolute atomic E-state index is 13.4. The number of amides is 1.